The molecule has 3 heterocycles. The third-order valence-electron chi connectivity index (χ3n) is 3.55. The van der Waals surface area contributed by atoms with Gasteiger partial charge in [-0.05, 0) is 36.5 Å². The molecular formula is C16H21N5S. The Morgan fingerprint density at radius 1 is 1.14 bits per heavy atom. The van der Waals surface area contributed by atoms with Crippen LogP contribution in [0.4, 0.5) is 0 Å². The first-order chi connectivity index (χ1) is 10.7. The fourth-order valence-electron chi connectivity index (χ4n) is 2.39. The summed E-state index contributed by atoms with van der Waals surface area (Å²) in [5.41, 5.74) is 2.58. The van der Waals surface area contributed by atoms with Gasteiger partial charge in [-0.15, -0.1) is 0 Å². The van der Waals surface area contributed by atoms with Gasteiger partial charge in [-0.3, -0.25) is 9.30 Å². The Morgan fingerprint density at radius 2 is 2.00 bits per heavy atom. The van der Waals surface area contributed by atoms with E-state index in [1.54, 1.807) is 17.5 Å². The normalized spacial score (nSPS) is 11.8. The topological polar surface area (TPSA) is 36.7 Å². The molecule has 0 fully saturated rings. The maximum absolute atomic E-state index is 4.40. The molecule has 0 aliphatic carbocycles. The van der Waals surface area contributed by atoms with Gasteiger partial charge in [-0.2, -0.15) is 11.3 Å². The Balaban J connectivity index is 1.72. The predicted molar refractivity (Wildman–Crippen MR) is 90.0 cm³/mol. The molecule has 6 heteroatoms. The van der Waals surface area contributed by atoms with Crippen LogP contribution in [0.1, 0.15) is 11.1 Å². The van der Waals surface area contributed by atoms with Crippen molar-refractivity contribution in [2.75, 3.05) is 27.2 Å². The van der Waals surface area contributed by atoms with Crippen molar-refractivity contribution in [1.82, 2.24) is 24.2 Å². The number of hydrogen-bond acceptors (Lipinski definition) is 5. The van der Waals surface area contributed by atoms with Gasteiger partial charge in [0.25, 0.3) is 0 Å². The molecule has 3 aromatic rings. The lowest BCUT2D eigenvalue weighted by atomic mass is 10.2. The van der Waals surface area contributed by atoms with E-state index in [1.165, 1.54) is 11.1 Å². The van der Waals surface area contributed by atoms with Crippen LogP contribution >= 0.6 is 11.3 Å². The van der Waals surface area contributed by atoms with Gasteiger partial charge < -0.3 is 4.90 Å². The monoisotopic (exact) mass is 315 g/mol. The largest absolute Gasteiger partial charge is 0.308 e. The summed E-state index contributed by atoms with van der Waals surface area (Å²) in [6, 6.07) is 2.20. The van der Waals surface area contributed by atoms with Gasteiger partial charge >= 0.3 is 0 Å². The van der Waals surface area contributed by atoms with Crippen LogP contribution in [0.5, 0.6) is 0 Å². The second-order valence-electron chi connectivity index (χ2n) is 5.74. The van der Waals surface area contributed by atoms with Crippen molar-refractivity contribution in [2.24, 2.45) is 0 Å². The maximum Gasteiger partial charge on any atom is 0.233 e. The quantitative estimate of drug-likeness (QED) is 0.671. The number of fused-ring (bicyclic) bond motifs is 1. The van der Waals surface area contributed by atoms with E-state index < -0.39 is 0 Å². The summed E-state index contributed by atoms with van der Waals surface area (Å²) in [6.45, 7) is 3.94. The van der Waals surface area contributed by atoms with Crippen molar-refractivity contribution in [3.63, 3.8) is 0 Å². The van der Waals surface area contributed by atoms with Gasteiger partial charge in [0.2, 0.25) is 5.78 Å². The van der Waals surface area contributed by atoms with Crippen LogP contribution in [0.3, 0.4) is 0 Å². The average Bonchev–Trinajstić information content (AvgIpc) is 3.15. The van der Waals surface area contributed by atoms with E-state index in [0.29, 0.717) is 0 Å². The zero-order chi connectivity index (χ0) is 15.4. The van der Waals surface area contributed by atoms with E-state index in [4.69, 9.17) is 0 Å². The molecule has 0 radical (unpaired) electrons. The van der Waals surface area contributed by atoms with Gasteiger partial charge in [0.05, 0.1) is 0 Å². The molecule has 5 nitrogen and oxygen atoms in total. The predicted octanol–water partition coefficient (Wildman–Crippen LogP) is 2.35. The van der Waals surface area contributed by atoms with Crippen molar-refractivity contribution in [3.8, 4) is 0 Å². The molecule has 3 rings (SSSR count). The maximum atomic E-state index is 4.40. The molecule has 0 bridgehead atoms. The molecule has 0 atom stereocenters. The van der Waals surface area contributed by atoms with Crippen LogP contribution in [-0.4, -0.2) is 51.4 Å². The molecule has 0 saturated carbocycles. The minimum absolute atomic E-state index is 0.751. The molecule has 0 aliphatic heterocycles. The summed E-state index contributed by atoms with van der Waals surface area (Å²) >= 11 is 1.75. The summed E-state index contributed by atoms with van der Waals surface area (Å²) in [5.74, 6) is 0.751. The van der Waals surface area contributed by atoms with Gasteiger partial charge in [-0.1, -0.05) is 0 Å². The summed E-state index contributed by atoms with van der Waals surface area (Å²) in [4.78, 5) is 13.3. The average molecular weight is 315 g/mol. The molecule has 22 heavy (non-hydrogen) atoms. The number of thiophene rings is 1. The number of aromatic nitrogens is 3. The standard InChI is InChI=1S/C16H21N5S/c1-19(2)6-7-20(10-14-3-8-22-13-14)11-15-9-18-16-17-4-5-21(16)12-15/h3-5,8-9,12-13H,6-7,10-11H2,1-2H3. The third-order valence-corrected chi connectivity index (χ3v) is 4.29. The van der Waals surface area contributed by atoms with Crippen molar-refractivity contribution < 1.29 is 0 Å². The summed E-state index contributed by atoms with van der Waals surface area (Å²) in [7, 11) is 4.23. The highest BCUT2D eigenvalue weighted by atomic mass is 32.1. The van der Waals surface area contributed by atoms with E-state index >= 15 is 0 Å². The van der Waals surface area contributed by atoms with Crippen molar-refractivity contribution in [2.45, 2.75) is 13.1 Å². The van der Waals surface area contributed by atoms with Crippen LogP contribution in [0.25, 0.3) is 5.78 Å². The van der Waals surface area contributed by atoms with Crippen LogP contribution in [-0.2, 0) is 13.1 Å². The molecule has 116 valence electrons. The Kier molecular flexibility index (Phi) is 4.82. The second-order valence-corrected chi connectivity index (χ2v) is 6.52. The molecular weight excluding hydrogens is 294 g/mol. The van der Waals surface area contributed by atoms with Crippen molar-refractivity contribution in [1.29, 1.82) is 0 Å². The highest BCUT2D eigenvalue weighted by Gasteiger charge is 2.09. The Bertz CT molecular complexity index is 704. The van der Waals surface area contributed by atoms with Gasteiger partial charge in [0, 0.05) is 56.5 Å². The summed E-state index contributed by atoms with van der Waals surface area (Å²) in [6.07, 6.45) is 7.76. The third kappa shape index (κ3) is 3.91. The Morgan fingerprint density at radius 3 is 2.77 bits per heavy atom. The minimum Gasteiger partial charge on any atom is -0.308 e. The number of likely N-dealkylation sites (N-methyl/N-ethyl adjacent to an activating group) is 1. The molecule has 0 spiro atoms. The SMILES string of the molecule is CN(C)CCN(Cc1ccsc1)Cc1cnc2nccn2c1. The number of imidazole rings is 1. The van der Waals surface area contributed by atoms with Gasteiger partial charge in [0.15, 0.2) is 0 Å². The van der Waals surface area contributed by atoms with E-state index in [0.717, 1.165) is 32.0 Å². The van der Waals surface area contributed by atoms with Crippen LogP contribution < -0.4 is 0 Å². The number of rotatable bonds is 7. The zero-order valence-corrected chi connectivity index (χ0v) is 13.8. The Labute approximate surface area is 134 Å². The smallest absolute Gasteiger partial charge is 0.233 e. The Hall–Kier alpha value is -1.76. The highest BCUT2D eigenvalue weighted by molar-refractivity contribution is 7.07. The zero-order valence-electron chi connectivity index (χ0n) is 13.0. The molecule has 0 amide bonds. The van der Waals surface area contributed by atoms with Crippen LogP contribution in [0, 0.1) is 0 Å². The lowest BCUT2D eigenvalue weighted by molar-refractivity contribution is 0.226. The first-order valence-electron chi connectivity index (χ1n) is 7.36. The molecule has 0 aliphatic rings. The van der Waals surface area contributed by atoms with Crippen LogP contribution in [0.15, 0.2) is 41.6 Å². The fourth-order valence-corrected chi connectivity index (χ4v) is 3.05. The second kappa shape index (κ2) is 7.00. The van der Waals surface area contributed by atoms with Crippen LogP contribution in [0.2, 0.25) is 0 Å². The molecule has 0 aromatic carbocycles. The lowest BCUT2D eigenvalue weighted by Gasteiger charge is -2.23. The summed E-state index contributed by atoms with van der Waals surface area (Å²) < 4.78 is 1.98. The van der Waals surface area contributed by atoms with Crippen molar-refractivity contribution in [3.05, 3.63) is 52.7 Å². The van der Waals surface area contributed by atoms with E-state index in [-0.39, 0.29) is 0 Å². The molecule has 0 saturated heterocycles. The summed E-state index contributed by atoms with van der Waals surface area (Å²) in [5, 5.41) is 4.36. The lowest BCUT2D eigenvalue weighted by Crippen LogP contribution is -2.31. The number of hydrogen-bond donors (Lipinski definition) is 0. The first-order valence-corrected chi connectivity index (χ1v) is 8.31. The van der Waals surface area contributed by atoms with Gasteiger partial charge in [-0.25, -0.2) is 9.97 Å². The van der Waals surface area contributed by atoms with Crippen molar-refractivity contribution >= 4 is 17.1 Å². The number of nitrogens with zero attached hydrogens (tertiary/aromatic N) is 5. The first kappa shape index (κ1) is 15.1. The van der Waals surface area contributed by atoms with Gasteiger partial charge in [0.1, 0.15) is 0 Å². The molecule has 0 unspecified atom stereocenters. The van der Waals surface area contributed by atoms with E-state index in [1.807, 2.05) is 16.8 Å². The van der Waals surface area contributed by atoms with E-state index in [9.17, 15) is 0 Å². The van der Waals surface area contributed by atoms with E-state index in [2.05, 4.69) is 56.9 Å². The minimum atomic E-state index is 0.751. The fraction of sp³-hybridized carbons (Fsp3) is 0.375. The molecule has 3 aromatic heterocycles. The molecule has 0 N–H and O–H groups in total. The highest BCUT2D eigenvalue weighted by Crippen LogP contribution is 2.12.